The van der Waals surface area contributed by atoms with Gasteiger partial charge in [-0.25, -0.2) is 8.42 Å². The second-order valence-corrected chi connectivity index (χ2v) is 7.50. The van der Waals surface area contributed by atoms with Gasteiger partial charge in [-0.3, -0.25) is 5.41 Å². The molecule has 0 saturated heterocycles. The monoisotopic (exact) mass is 302 g/mol. The molecule has 0 aliphatic rings. The first kappa shape index (κ1) is 15.8. The Morgan fingerprint density at radius 3 is 2.68 bits per heavy atom. The van der Waals surface area contributed by atoms with Crippen LogP contribution in [0.1, 0.15) is 11.1 Å². The second-order valence-electron chi connectivity index (χ2n) is 4.13. The van der Waals surface area contributed by atoms with Crippen molar-refractivity contribution in [3.8, 4) is 5.75 Å². The molecular formula is C12H18N2O3S2. The molecule has 5 nitrogen and oxygen atoms in total. The average Bonchev–Trinajstić information content (AvgIpc) is 2.33. The Morgan fingerprint density at radius 2 is 2.16 bits per heavy atom. The Morgan fingerprint density at radius 1 is 1.47 bits per heavy atom. The molecule has 0 heterocycles. The Kier molecular flexibility index (Phi) is 5.68. The van der Waals surface area contributed by atoms with Gasteiger partial charge in [0, 0.05) is 17.8 Å². The fraction of sp³-hybridized carbons (Fsp3) is 0.417. The van der Waals surface area contributed by atoms with Crippen molar-refractivity contribution in [1.29, 1.82) is 5.41 Å². The highest BCUT2D eigenvalue weighted by Gasteiger charge is 2.07. The molecule has 3 N–H and O–H groups in total. The zero-order chi connectivity index (χ0) is 14.5. The van der Waals surface area contributed by atoms with Crippen molar-refractivity contribution in [2.24, 2.45) is 5.73 Å². The summed E-state index contributed by atoms with van der Waals surface area (Å²) in [5.41, 5.74) is 7.02. The maximum atomic E-state index is 11.0. The lowest BCUT2D eigenvalue weighted by molar-refractivity contribution is 0.413. The largest absolute Gasteiger partial charge is 0.496 e. The van der Waals surface area contributed by atoms with E-state index in [1.165, 1.54) is 13.4 Å². The molecule has 1 aromatic rings. The zero-order valence-electron chi connectivity index (χ0n) is 11.0. The number of methoxy groups -OCH3 is 1. The van der Waals surface area contributed by atoms with Crippen molar-refractivity contribution >= 4 is 27.4 Å². The average molecular weight is 302 g/mol. The van der Waals surface area contributed by atoms with Gasteiger partial charge in [-0.2, -0.15) is 11.8 Å². The van der Waals surface area contributed by atoms with Gasteiger partial charge in [-0.15, -0.1) is 0 Å². The van der Waals surface area contributed by atoms with Gasteiger partial charge in [0.2, 0.25) is 0 Å². The number of amidine groups is 1. The number of hydrogen-bond acceptors (Lipinski definition) is 5. The predicted molar refractivity (Wildman–Crippen MR) is 79.9 cm³/mol. The minimum Gasteiger partial charge on any atom is -0.496 e. The zero-order valence-corrected chi connectivity index (χ0v) is 12.6. The molecule has 0 atom stereocenters. The SMILES string of the molecule is COc1cc(CSCCS(C)(=O)=O)ccc1C(=N)N. The summed E-state index contributed by atoms with van der Waals surface area (Å²) in [5, 5.41) is 7.41. The molecular weight excluding hydrogens is 284 g/mol. The van der Waals surface area contributed by atoms with Gasteiger partial charge in [0.15, 0.2) is 0 Å². The lowest BCUT2D eigenvalue weighted by Gasteiger charge is -2.09. The van der Waals surface area contributed by atoms with Crippen molar-refractivity contribution in [2.45, 2.75) is 5.75 Å². The van der Waals surface area contributed by atoms with Gasteiger partial charge in [0.25, 0.3) is 0 Å². The van der Waals surface area contributed by atoms with Crippen molar-refractivity contribution in [3.63, 3.8) is 0 Å². The van der Waals surface area contributed by atoms with E-state index in [1.807, 2.05) is 12.1 Å². The summed E-state index contributed by atoms with van der Waals surface area (Å²) in [7, 11) is -1.37. The van der Waals surface area contributed by atoms with Crippen LogP contribution < -0.4 is 10.5 Å². The Hall–Kier alpha value is -1.21. The lowest BCUT2D eigenvalue weighted by atomic mass is 10.1. The normalized spacial score (nSPS) is 11.3. The van der Waals surface area contributed by atoms with Crippen LogP contribution in [0.25, 0.3) is 0 Å². The molecule has 0 aliphatic carbocycles. The molecule has 19 heavy (non-hydrogen) atoms. The Bertz CT molecular complexity index is 556. The summed E-state index contributed by atoms with van der Waals surface area (Å²) in [4.78, 5) is 0. The molecule has 0 aliphatic heterocycles. The minimum absolute atomic E-state index is 0.0341. The molecule has 1 aromatic carbocycles. The molecule has 1 rings (SSSR count). The molecule has 0 aromatic heterocycles. The third-order valence-corrected chi connectivity index (χ3v) is 4.66. The van der Waals surface area contributed by atoms with Crippen LogP contribution in [-0.2, 0) is 15.6 Å². The number of sulfone groups is 1. The van der Waals surface area contributed by atoms with Gasteiger partial charge in [0.05, 0.1) is 18.4 Å². The summed E-state index contributed by atoms with van der Waals surface area (Å²) < 4.78 is 27.2. The molecule has 0 spiro atoms. The summed E-state index contributed by atoms with van der Waals surface area (Å²) in [6.45, 7) is 0. The quantitative estimate of drug-likeness (QED) is 0.449. The van der Waals surface area contributed by atoms with E-state index in [1.54, 1.807) is 17.8 Å². The molecule has 7 heteroatoms. The lowest BCUT2D eigenvalue weighted by Crippen LogP contribution is -2.12. The van der Waals surface area contributed by atoms with E-state index in [0.717, 1.165) is 5.56 Å². The standard InChI is InChI=1S/C12H18N2O3S2/c1-17-11-7-9(3-4-10(11)12(13)14)8-18-5-6-19(2,15)16/h3-4,7H,5-6,8H2,1-2H3,(H3,13,14). The number of nitrogen functional groups attached to an aromatic ring is 1. The van der Waals surface area contributed by atoms with E-state index in [-0.39, 0.29) is 11.6 Å². The van der Waals surface area contributed by atoms with E-state index < -0.39 is 9.84 Å². The maximum absolute atomic E-state index is 11.0. The van der Waals surface area contributed by atoms with Gasteiger partial charge < -0.3 is 10.5 Å². The summed E-state index contributed by atoms with van der Waals surface area (Å²) >= 11 is 1.55. The third-order valence-electron chi connectivity index (χ3n) is 2.42. The fourth-order valence-electron chi connectivity index (χ4n) is 1.45. The Balaban J connectivity index is 2.63. The van der Waals surface area contributed by atoms with Crippen LogP contribution in [0.15, 0.2) is 18.2 Å². The van der Waals surface area contributed by atoms with E-state index in [2.05, 4.69) is 0 Å². The first-order valence-electron chi connectivity index (χ1n) is 5.60. The van der Waals surface area contributed by atoms with Crippen molar-refractivity contribution < 1.29 is 13.2 Å². The maximum Gasteiger partial charge on any atom is 0.148 e. The molecule has 0 radical (unpaired) electrons. The first-order chi connectivity index (χ1) is 8.83. The summed E-state index contributed by atoms with van der Waals surface area (Å²) in [6.07, 6.45) is 1.23. The molecule has 106 valence electrons. The predicted octanol–water partition coefficient (Wildman–Crippen LogP) is 1.26. The molecule has 0 unspecified atom stereocenters. The van der Waals surface area contributed by atoms with Crippen LogP contribution in [0.4, 0.5) is 0 Å². The first-order valence-corrected chi connectivity index (χ1v) is 8.82. The highest BCUT2D eigenvalue weighted by atomic mass is 32.2. The van der Waals surface area contributed by atoms with Crippen LogP contribution in [0.3, 0.4) is 0 Å². The summed E-state index contributed by atoms with van der Waals surface area (Å²) in [6, 6.07) is 5.44. The highest BCUT2D eigenvalue weighted by Crippen LogP contribution is 2.22. The number of hydrogen-bond donors (Lipinski definition) is 2. The van der Waals surface area contributed by atoms with E-state index in [0.29, 0.717) is 22.8 Å². The topological polar surface area (TPSA) is 93.2 Å². The molecule has 0 amide bonds. The highest BCUT2D eigenvalue weighted by molar-refractivity contribution is 7.99. The number of thioether (sulfide) groups is 1. The van der Waals surface area contributed by atoms with Crippen LogP contribution in [0, 0.1) is 5.41 Å². The van der Waals surface area contributed by atoms with Crippen molar-refractivity contribution in [3.05, 3.63) is 29.3 Å². The van der Waals surface area contributed by atoms with Crippen LogP contribution in [-0.4, -0.2) is 39.1 Å². The number of rotatable bonds is 7. The second kappa shape index (κ2) is 6.81. The number of nitrogens with one attached hydrogen (secondary N) is 1. The number of nitrogens with two attached hydrogens (primary N) is 1. The van der Waals surface area contributed by atoms with Gasteiger partial charge >= 0.3 is 0 Å². The van der Waals surface area contributed by atoms with Crippen LogP contribution >= 0.6 is 11.8 Å². The number of benzene rings is 1. The Labute approximate surface area is 118 Å². The van der Waals surface area contributed by atoms with E-state index in [4.69, 9.17) is 15.9 Å². The third kappa shape index (κ3) is 5.52. The van der Waals surface area contributed by atoms with Gasteiger partial charge in [-0.1, -0.05) is 6.07 Å². The van der Waals surface area contributed by atoms with Gasteiger partial charge in [-0.05, 0) is 17.7 Å². The van der Waals surface area contributed by atoms with Crippen molar-refractivity contribution in [1.82, 2.24) is 0 Å². The molecule has 0 saturated carbocycles. The minimum atomic E-state index is -2.90. The summed E-state index contributed by atoms with van der Waals surface area (Å²) in [5.74, 6) is 1.97. The van der Waals surface area contributed by atoms with Crippen molar-refractivity contribution in [2.75, 3.05) is 24.9 Å². The number of ether oxygens (including phenoxy) is 1. The van der Waals surface area contributed by atoms with E-state index in [9.17, 15) is 8.42 Å². The van der Waals surface area contributed by atoms with Crippen LogP contribution in [0.2, 0.25) is 0 Å². The van der Waals surface area contributed by atoms with E-state index >= 15 is 0 Å². The van der Waals surface area contributed by atoms with Gasteiger partial charge in [0.1, 0.15) is 21.4 Å². The smallest absolute Gasteiger partial charge is 0.148 e. The van der Waals surface area contributed by atoms with Crippen LogP contribution in [0.5, 0.6) is 5.75 Å². The molecule has 0 bridgehead atoms. The molecule has 0 fully saturated rings. The fourth-order valence-corrected chi connectivity index (χ4v) is 3.69.